The molecule has 0 aliphatic carbocycles. The topological polar surface area (TPSA) is 66.5 Å². The molecule has 0 aliphatic rings. The largest absolute Gasteiger partial charge is 0.335 e. The maximum absolute atomic E-state index is 12.7. The number of sulfonamides is 1. The van der Waals surface area contributed by atoms with E-state index in [0.717, 1.165) is 5.56 Å². The highest BCUT2D eigenvalue weighted by Gasteiger charge is 2.19. The summed E-state index contributed by atoms with van der Waals surface area (Å²) in [5, 5.41) is 0. The molecule has 1 amide bonds. The second-order valence-electron chi connectivity index (χ2n) is 6.26. The first kappa shape index (κ1) is 20.1. The SMILES string of the molecule is CCC(C)NS(=O)(=O)c1ccc(C(=O)N(CC)Cc2ccccc2)cc1. The highest BCUT2D eigenvalue weighted by atomic mass is 32.2. The van der Waals surface area contributed by atoms with Crippen LogP contribution in [0, 0.1) is 0 Å². The van der Waals surface area contributed by atoms with Crippen LogP contribution in [-0.4, -0.2) is 31.8 Å². The number of rotatable bonds is 8. The Bertz CT molecular complexity index is 818. The molecule has 0 saturated heterocycles. The van der Waals surface area contributed by atoms with Crippen LogP contribution in [0.5, 0.6) is 0 Å². The van der Waals surface area contributed by atoms with E-state index in [9.17, 15) is 13.2 Å². The Morgan fingerprint density at radius 1 is 1.04 bits per heavy atom. The third kappa shape index (κ3) is 5.16. The number of carbonyl (C=O) groups is 1. The molecule has 1 unspecified atom stereocenters. The third-order valence-electron chi connectivity index (χ3n) is 4.27. The molecule has 0 bridgehead atoms. The Balaban J connectivity index is 2.14. The van der Waals surface area contributed by atoms with E-state index < -0.39 is 10.0 Å². The van der Waals surface area contributed by atoms with E-state index >= 15 is 0 Å². The molecule has 6 heteroatoms. The summed E-state index contributed by atoms with van der Waals surface area (Å²) in [4.78, 5) is 14.6. The summed E-state index contributed by atoms with van der Waals surface area (Å²) in [6, 6.07) is 15.7. The predicted molar refractivity (Wildman–Crippen MR) is 103 cm³/mol. The van der Waals surface area contributed by atoms with Crippen molar-refractivity contribution in [2.24, 2.45) is 0 Å². The van der Waals surface area contributed by atoms with E-state index in [1.54, 1.807) is 17.0 Å². The lowest BCUT2D eigenvalue weighted by Crippen LogP contribution is -2.32. The second-order valence-corrected chi connectivity index (χ2v) is 7.97. The Morgan fingerprint density at radius 2 is 1.65 bits per heavy atom. The summed E-state index contributed by atoms with van der Waals surface area (Å²) in [6.07, 6.45) is 0.709. The maximum Gasteiger partial charge on any atom is 0.254 e. The van der Waals surface area contributed by atoms with Crippen molar-refractivity contribution in [1.29, 1.82) is 0 Å². The van der Waals surface area contributed by atoms with Crippen LogP contribution in [0.3, 0.4) is 0 Å². The van der Waals surface area contributed by atoms with Crippen molar-refractivity contribution in [3.8, 4) is 0 Å². The number of nitrogens with zero attached hydrogens (tertiary/aromatic N) is 1. The van der Waals surface area contributed by atoms with E-state index in [-0.39, 0.29) is 16.8 Å². The van der Waals surface area contributed by atoms with Crippen LogP contribution in [0.2, 0.25) is 0 Å². The van der Waals surface area contributed by atoms with Gasteiger partial charge in [0.2, 0.25) is 10.0 Å². The molecule has 0 fully saturated rings. The first-order chi connectivity index (χ1) is 12.4. The van der Waals surface area contributed by atoms with Gasteiger partial charge in [0.05, 0.1) is 4.90 Å². The highest BCUT2D eigenvalue weighted by molar-refractivity contribution is 7.89. The fraction of sp³-hybridized carbons (Fsp3) is 0.350. The molecule has 0 spiro atoms. The Hall–Kier alpha value is -2.18. The van der Waals surface area contributed by atoms with Gasteiger partial charge in [0.25, 0.3) is 5.91 Å². The Kier molecular flexibility index (Phi) is 6.94. The van der Waals surface area contributed by atoms with Crippen LogP contribution in [0.25, 0.3) is 0 Å². The summed E-state index contributed by atoms with van der Waals surface area (Å²) in [7, 11) is -3.56. The molecule has 0 aliphatic heterocycles. The van der Waals surface area contributed by atoms with E-state index in [1.807, 2.05) is 51.1 Å². The highest BCUT2D eigenvalue weighted by Crippen LogP contribution is 2.15. The monoisotopic (exact) mass is 374 g/mol. The maximum atomic E-state index is 12.7. The third-order valence-corrected chi connectivity index (χ3v) is 5.87. The molecule has 26 heavy (non-hydrogen) atoms. The number of nitrogens with one attached hydrogen (secondary N) is 1. The number of hydrogen-bond donors (Lipinski definition) is 1. The van der Waals surface area contributed by atoms with Crippen molar-refractivity contribution in [3.05, 3.63) is 65.7 Å². The van der Waals surface area contributed by atoms with Crippen LogP contribution in [0.15, 0.2) is 59.5 Å². The number of benzene rings is 2. The molecule has 1 N–H and O–H groups in total. The molecule has 1 atom stereocenters. The zero-order valence-electron chi connectivity index (χ0n) is 15.5. The first-order valence-corrected chi connectivity index (χ1v) is 10.3. The molecule has 2 rings (SSSR count). The molecular formula is C20H26N2O3S. The van der Waals surface area contributed by atoms with Gasteiger partial charge in [-0.2, -0.15) is 0 Å². The van der Waals surface area contributed by atoms with Crippen molar-refractivity contribution in [2.45, 2.75) is 44.7 Å². The molecule has 2 aromatic rings. The van der Waals surface area contributed by atoms with Crippen molar-refractivity contribution >= 4 is 15.9 Å². The molecule has 0 saturated carbocycles. The summed E-state index contributed by atoms with van der Waals surface area (Å²) < 4.78 is 27.2. The zero-order chi connectivity index (χ0) is 19.2. The minimum absolute atomic E-state index is 0.116. The molecule has 140 valence electrons. The van der Waals surface area contributed by atoms with Gasteiger partial charge >= 0.3 is 0 Å². The number of carbonyl (C=O) groups excluding carboxylic acids is 1. The lowest BCUT2D eigenvalue weighted by atomic mass is 10.1. The van der Waals surface area contributed by atoms with Crippen molar-refractivity contribution in [1.82, 2.24) is 9.62 Å². The zero-order valence-corrected chi connectivity index (χ0v) is 16.3. The van der Waals surface area contributed by atoms with Gasteiger partial charge in [-0.25, -0.2) is 13.1 Å². The summed E-state index contributed by atoms with van der Waals surface area (Å²) >= 11 is 0. The number of amides is 1. The normalized spacial score (nSPS) is 12.6. The van der Waals surface area contributed by atoms with Crippen LogP contribution < -0.4 is 4.72 Å². The molecular weight excluding hydrogens is 348 g/mol. The smallest absolute Gasteiger partial charge is 0.254 e. The van der Waals surface area contributed by atoms with E-state index in [0.29, 0.717) is 25.1 Å². The van der Waals surface area contributed by atoms with Gasteiger partial charge in [-0.3, -0.25) is 4.79 Å². The standard InChI is InChI=1S/C20H26N2O3S/c1-4-16(3)21-26(24,25)19-13-11-18(12-14-19)20(23)22(5-2)15-17-9-7-6-8-10-17/h6-14,16,21H,4-5,15H2,1-3H3. The van der Waals surface area contributed by atoms with Crippen LogP contribution in [0.1, 0.15) is 43.1 Å². The summed E-state index contributed by atoms with van der Waals surface area (Å²) in [5.74, 6) is -0.116. The van der Waals surface area contributed by atoms with Gasteiger partial charge in [-0.15, -0.1) is 0 Å². The van der Waals surface area contributed by atoms with Crippen LogP contribution in [-0.2, 0) is 16.6 Å². The van der Waals surface area contributed by atoms with Gasteiger partial charge in [0, 0.05) is 24.7 Å². The average molecular weight is 375 g/mol. The minimum atomic E-state index is -3.56. The number of hydrogen-bond acceptors (Lipinski definition) is 3. The fourth-order valence-corrected chi connectivity index (χ4v) is 3.83. The molecule has 5 nitrogen and oxygen atoms in total. The summed E-state index contributed by atoms with van der Waals surface area (Å²) in [5.41, 5.74) is 1.53. The fourth-order valence-electron chi connectivity index (χ4n) is 2.51. The van der Waals surface area contributed by atoms with Gasteiger partial charge in [0.1, 0.15) is 0 Å². The molecule has 0 aromatic heterocycles. The minimum Gasteiger partial charge on any atom is -0.335 e. The second kappa shape index (κ2) is 8.96. The van der Waals surface area contributed by atoms with E-state index in [1.165, 1.54) is 12.1 Å². The lowest BCUT2D eigenvalue weighted by Gasteiger charge is -2.21. The van der Waals surface area contributed by atoms with Gasteiger partial charge in [-0.1, -0.05) is 37.3 Å². The van der Waals surface area contributed by atoms with Crippen LogP contribution >= 0.6 is 0 Å². The van der Waals surface area contributed by atoms with Gasteiger partial charge in [0.15, 0.2) is 0 Å². The quantitative estimate of drug-likeness (QED) is 0.770. The van der Waals surface area contributed by atoms with Gasteiger partial charge in [-0.05, 0) is 50.1 Å². The Labute approximate surface area is 156 Å². The lowest BCUT2D eigenvalue weighted by molar-refractivity contribution is 0.0752. The first-order valence-electron chi connectivity index (χ1n) is 8.83. The predicted octanol–water partition coefficient (Wildman–Crippen LogP) is 3.43. The van der Waals surface area contributed by atoms with Crippen molar-refractivity contribution < 1.29 is 13.2 Å². The molecule has 0 heterocycles. The van der Waals surface area contributed by atoms with E-state index in [2.05, 4.69) is 4.72 Å². The molecule has 0 radical (unpaired) electrons. The van der Waals surface area contributed by atoms with E-state index in [4.69, 9.17) is 0 Å². The molecule has 2 aromatic carbocycles. The van der Waals surface area contributed by atoms with Crippen molar-refractivity contribution in [2.75, 3.05) is 6.54 Å². The van der Waals surface area contributed by atoms with Crippen molar-refractivity contribution in [3.63, 3.8) is 0 Å². The average Bonchev–Trinajstić information content (AvgIpc) is 2.66. The summed E-state index contributed by atoms with van der Waals surface area (Å²) in [6.45, 7) is 6.75. The Morgan fingerprint density at radius 3 is 2.19 bits per heavy atom. The van der Waals surface area contributed by atoms with Gasteiger partial charge < -0.3 is 4.90 Å². The van der Waals surface area contributed by atoms with Crippen LogP contribution in [0.4, 0.5) is 0 Å².